The van der Waals surface area contributed by atoms with Crippen molar-refractivity contribution in [3.8, 4) is 0 Å². The van der Waals surface area contributed by atoms with Crippen LogP contribution in [0.25, 0.3) is 5.57 Å². The van der Waals surface area contributed by atoms with Crippen LogP contribution in [0.15, 0.2) is 53.0 Å². The summed E-state index contributed by atoms with van der Waals surface area (Å²) in [4.78, 5) is 18.6. The van der Waals surface area contributed by atoms with Gasteiger partial charge in [0.2, 0.25) is 0 Å². The van der Waals surface area contributed by atoms with Crippen LogP contribution in [0.1, 0.15) is 53.5 Å². The average molecular weight is 379 g/mol. The van der Waals surface area contributed by atoms with E-state index in [1.807, 2.05) is 6.07 Å². The summed E-state index contributed by atoms with van der Waals surface area (Å²) in [6, 6.07) is 10.5. The molecule has 3 nitrogen and oxygen atoms in total. The number of nitrogens with two attached hydrogens (primary N) is 1. The van der Waals surface area contributed by atoms with Crippen molar-refractivity contribution in [3.05, 3.63) is 53.6 Å². The lowest BCUT2D eigenvalue weighted by atomic mass is 9.50. The Balaban J connectivity index is 2.31. The molecule has 2 N–H and O–H groups in total. The molecule has 0 saturated heterocycles. The fourth-order valence-corrected chi connectivity index (χ4v) is 4.39. The molecule has 0 radical (unpaired) electrons. The van der Waals surface area contributed by atoms with Gasteiger partial charge in [-0.25, -0.2) is 0 Å². The average Bonchev–Trinajstić information content (AvgIpc) is 2.62. The summed E-state index contributed by atoms with van der Waals surface area (Å²) in [5.41, 5.74) is 9.13. The number of benzene rings is 1. The van der Waals surface area contributed by atoms with E-state index in [1.165, 1.54) is 16.7 Å². The van der Waals surface area contributed by atoms with Crippen LogP contribution in [-0.4, -0.2) is 24.6 Å². The van der Waals surface area contributed by atoms with Gasteiger partial charge in [-0.05, 0) is 34.9 Å². The van der Waals surface area contributed by atoms with Crippen LogP contribution in [-0.2, 0) is 4.79 Å². The van der Waals surface area contributed by atoms with Gasteiger partial charge in [0.1, 0.15) is 0 Å². The molecule has 0 heterocycles. The standard InChI is InChI=1S/C25H34N2O/c1-23(2,3)19-16-25(24(4,5)6)15-18(17-11-8-7-9-12-17)20(19)21(22(25)28)27-14-10-13-26/h7-9,11-12,15-16,20H,10,13-14,26H2,1-6H3/t20-,25+/m1/s1. The molecule has 0 aliphatic heterocycles. The van der Waals surface area contributed by atoms with Crippen molar-refractivity contribution < 1.29 is 4.79 Å². The zero-order valence-electron chi connectivity index (χ0n) is 18.2. The third-order valence-corrected chi connectivity index (χ3v) is 6.13. The van der Waals surface area contributed by atoms with E-state index in [1.54, 1.807) is 0 Å². The lowest BCUT2D eigenvalue weighted by Gasteiger charge is -2.52. The largest absolute Gasteiger partial charge is 0.330 e. The van der Waals surface area contributed by atoms with E-state index in [4.69, 9.17) is 10.7 Å². The number of hydrogen-bond donors (Lipinski definition) is 1. The van der Waals surface area contributed by atoms with Crippen molar-refractivity contribution in [2.24, 2.45) is 32.9 Å². The quantitative estimate of drug-likeness (QED) is 0.587. The van der Waals surface area contributed by atoms with Crippen LogP contribution < -0.4 is 5.73 Å². The van der Waals surface area contributed by atoms with Gasteiger partial charge in [0.05, 0.1) is 17.0 Å². The Labute approximate surface area is 169 Å². The van der Waals surface area contributed by atoms with Crippen LogP contribution >= 0.6 is 0 Å². The second-order valence-corrected chi connectivity index (χ2v) is 10.1. The van der Waals surface area contributed by atoms with Gasteiger partial charge >= 0.3 is 0 Å². The maximum Gasteiger partial charge on any atom is 0.191 e. The highest BCUT2D eigenvalue weighted by Crippen LogP contribution is 2.58. The molecule has 0 amide bonds. The van der Waals surface area contributed by atoms with Crippen molar-refractivity contribution >= 4 is 17.1 Å². The van der Waals surface area contributed by atoms with E-state index < -0.39 is 5.41 Å². The zero-order valence-corrected chi connectivity index (χ0v) is 18.2. The molecule has 4 rings (SSSR count). The first-order valence-corrected chi connectivity index (χ1v) is 10.3. The normalized spacial score (nSPS) is 26.5. The van der Waals surface area contributed by atoms with Crippen LogP contribution in [0.3, 0.4) is 0 Å². The summed E-state index contributed by atoms with van der Waals surface area (Å²) < 4.78 is 0. The zero-order chi connectivity index (χ0) is 20.7. The summed E-state index contributed by atoms with van der Waals surface area (Å²) in [6.45, 7) is 14.4. The SMILES string of the molecule is CC(C)(C)C1=C[C@@]2(C(C)(C)C)C=C(c3ccccc3)[C@H]1C(=NCCCN)C2=O. The molecule has 3 aliphatic carbocycles. The van der Waals surface area contributed by atoms with Crippen molar-refractivity contribution in [1.82, 2.24) is 0 Å². The monoisotopic (exact) mass is 378 g/mol. The molecule has 0 saturated carbocycles. The van der Waals surface area contributed by atoms with E-state index in [9.17, 15) is 4.79 Å². The van der Waals surface area contributed by atoms with Crippen LogP contribution in [0, 0.1) is 22.2 Å². The highest BCUT2D eigenvalue weighted by molar-refractivity contribution is 6.48. The Morgan fingerprint density at radius 2 is 1.68 bits per heavy atom. The van der Waals surface area contributed by atoms with Gasteiger partial charge in [-0.1, -0.05) is 89.6 Å². The predicted octanol–water partition coefficient (Wildman–Crippen LogP) is 5.08. The number of fused-ring (bicyclic) bond motifs is 1. The molecular formula is C25H34N2O. The fraction of sp³-hybridized carbons (Fsp3) is 0.520. The molecule has 1 aromatic rings. The summed E-state index contributed by atoms with van der Waals surface area (Å²) in [5, 5.41) is 0. The number of nitrogens with zero attached hydrogens (tertiary/aromatic N) is 1. The van der Waals surface area contributed by atoms with Crippen LogP contribution in [0.4, 0.5) is 0 Å². The molecule has 0 fully saturated rings. The van der Waals surface area contributed by atoms with E-state index in [0.29, 0.717) is 13.1 Å². The smallest absolute Gasteiger partial charge is 0.191 e. The van der Waals surface area contributed by atoms with Gasteiger partial charge in [-0.2, -0.15) is 0 Å². The van der Waals surface area contributed by atoms with Crippen molar-refractivity contribution in [3.63, 3.8) is 0 Å². The fourth-order valence-electron chi connectivity index (χ4n) is 4.39. The summed E-state index contributed by atoms with van der Waals surface area (Å²) in [6.07, 6.45) is 5.28. The molecular weight excluding hydrogens is 344 g/mol. The number of hydrogen-bond acceptors (Lipinski definition) is 3. The van der Waals surface area contributed by atoms with E-state index in [0.717, 1.165) is 12.1 Å². The van der Waals surface area contributed by atoms with Gasteiger partial charge in [-0.3, -0.25) is 9.79 Å². The topological polar surface area (TPSA) is 55.4 Å². The minimum absolute atomic E-state index is 0.0508. The summed E-state index contributed by atoms with van der Waals surface area (Å²) >= 11 is 0. The van der Waals surface area contributed by atoms with Crippen LogP contribution in [0.2, 0.25) is 0 Å². The lowest BCUT2D eigenvalue weighted by molar-refractivity contribution is -0.122. The first kappa shape index (κ1) is 20.7. The molecule has 3 heteroatoms. The number of rotatable bonds is 4. The molecule has 1 aromatic carbocycles. The Kier molecular flexibility index (Phi) is 5.26. The summed E-state index contributed by atoms with van der Waals surface area (Å²) in [5.74, 6) is 0.0894. The third kappa shape index (κ3) is 3.30. The maximum absolute atomic E-state index is 13.7. The highest BCUT2D eigenvalue weighted by atomic mass is 16.1. The van der Waals surface area contributed by atoms with E-state index in [-0.39, 0.29) is 22.5 Å². The lowest BCUT2D eigenvalue weighted by Crippen LogP contribution is -2.54. The Hall–Kier alpha value is -2.00. The number of ketones is 1. The Bertz CT molecular complexity index is 847. The molecule has 3 aliphatic rings. The van der Waals surface area contributed by atoms with E-state index >= 15 is 0 Å². The number of allylic oxidation sites excluding steroid dienone is 4. The third-order valence-electron chi connectivity index (χ3n) is 6.13. The highest BCUT2D eigenvalue weighted by Gasteiger charge is 2.57. The predicted molar refractivity (Wildman–Crippen MR) is 118 cm³/mol. The van der Waals surface area contributed by atoms with Gasteiger partial charge in [0, 0.05) is 6.54 Å². The van der Waals surface area contributed by atoms with Gasteiger partial charge in [0.25, 0.3) is 0 Å². The molecule has 0 aromatic heterocycles. The number of carbonyl (C=O) groups is 1. The minimum atomic E-state index is -0.670. The number of Topliss-reactive ketones (excluding diaryl/α,β-unsaturated/α-hetero) is 1. The second-order valence-electron chi connectivity index (χ2n) is 10.1. The second kappa shape index (κ2) is 7.11. The number of carbonyl (C=O) groups excluding carboxylic acids is 1. The van der Waals surface area contributed by atoms with Crippen LogP contribution in [0.5, 0.6) is 0 Å². The first-order valence-electron chi connectivity index (χ1n) is 10.3. The van der Waals surface area contributed by atoms with Gasteiger partial charge in [-0.15, -0.1) is 0 Å². The minimum Gasteiger partial charge on any atom is -0.330 e. The summed E-state index contributed by atoms with van der Waals surface area (Å²) in [7, 11) is 0. The molecule has 28 heavy (non-hydrogen) atoms. The number of aliphatic imine (C=N–C) groups is 1. The van der Waals surface area contributed by atoms with Crippen molar-refractivity contribution in [2.45, 2.75) is 48.0 Å². The molecule has 0 unspecified atom stereocenters. The van der Waals surface area contributed by atoms with E-state index in [2.05, 4.69) is 78.0 Å². The molecule has 0 spiro atoms. The molecule has 150 valence electrons. The Morgan fingerprint density at radius 1 is 1.04 bits per heavy atom. The maximum atomic E-state index is 13.7. The van der Waals surface area contributed by atoms with Crippen molar-refractivity contribution in [1.29, 1.82) is 0 Å². The van der Waals surface area contributed by atoms with Gasteiger partial charge in [0.15, 0.2) is 5.78 Å². The Morgan fingerprint density at radius 3 is 2.21 bits per heavy atom. The molecule has 2 atom stereocenters. The molecule has 2 bridgehead atoms. The van der Waals surface area contributed by atoms with Gasteiger partial charge < -0.3 is 5.73 Å². The first-order chi connectivity index (χ1) is 13.0. The van der Waals surface area contributed by atoms with Crippen molar-refractivity contribution in [2.75, 3.05) is 13.1 Å².